The SMILES string of the molecule is Cc1ccc(C(=O)Nc2nc3c(s2)C(=O)C[C@@H](C)C3)cc1. The Kier molecular flexibility index (Phi) is 3.59. The third kappa shape index (κ3) is 2.88. The van der Waals surface area contributed by atoms with Crippen molar-refractivity contribution in [3.05, 3.63) is 46.0 Å². The van der Waals surface area contributed by atoms with E-state index in [1.165, 1.54) is 11.3 Å². The van der Waals surface area contributed by atoms with E-state index in [4.69, 9.17) is 0 Å². The third-order valence-corrected chi connectivity index (χ3v) is 4.61. The van der Waals surface area contributed by atoms with Gasteiger partial charge in [-0.05, 0) is 31.4 Å². The van der Waals surface area contributed by atoms with E-state index in [0.717, 1.165) is 17.7 Å². The Hall–Kier alpha value is -2.01. The van der Waals surface area contributed by atoms with Gasteiger partial charge in [0, 0.05) is 12.0 Å². The second-order valence-corrected chi connectivity index (χ2v) is 6.55. The zero-order chi connectivity index (χ0) is 15.0. The summed E-state index contributed by atoms with van der Waals surface area (Å²) >= 11 is 1.28. The maximum absolute atomic E-state index is 12.2. The fraction of sp³-hybridized carbons (Fsp3) is 0.312. The van der Waals surface area contributed by atoms with Gasteiger partial charge in [-0.3, -0.25) is 14.9 Å². The lowest BCUT2D eigenvalue weighted by atomic mass is 9.92. The van der Waals surface area contributed by atoms with Gasteiger partial charge in [0.25, 0.3) is 5.91 Å². The molecule has 1 atom stereocenters. The number of nitrogens with one attached hydrogen (secondary N) is 1. The quantitative estimate of drug-likeness (QED) is 0.924. The van der Waals surface area contributed by atoms with Gasteiger partial charge in [-0.15, -0.1) is 0 Å². The first-order chi connectivity index (χ1) is 10.0. The summed E-state index contributed by atoms with van der Waals surface area (Å²) in [7, 11) is 0. The Bertz CT molecular complexity index is 704. The van der Waals surface area contributed by atoms with Crippen molar-refractivity contribution in [1.29, 1.82) is 0 Å². The average molecular weight is 300 g/mol. The van der Waals surface area contributed by atoms with Crippen LogP contribution in [0.15, 0.2) is 24.3 Å². The molecule has 4 nitrogen and oxygen atoms in total. The van der Waals surface area contributed by atoms with Gasteiger partial charge in [-0.25, -0.2) is 4.98 Å². The molecule has 0 saturated heterocycles. The van der Waals surface area contributed by atoms with E-state index in [1.54, 1.807) is 12.1 Å². The number of aryl methyl sites for hydroxylation is 1. The summed E-state index contributed by atoms with van der Waals surface area (Å²) in [6.45, 7) is 4.02. The minimum atomic E-state index is -0.193. The number of thiazole rings is 1. The standard InChI is InChI=1S/C16H16N2O2S/c1-9-3-5-11(6-4-9)15(20)18-16-17-12-7-10(2)8-13(19)14(12)21-16/h3-6,10H,7-8H2,1-2H3,(H,17,18,20)/t10-/m0/s1. The van der Waals surface area contributed by atoms with Crippen LogP contribution in [0.25, 0.3) is 0 Å². The molecule has 3 rings (SSSR count). The van der Waals surface area contributed by atoms with Gasteiger partial charge in [0.15, 0.2) is 10.9 Å². The molecule has 0 spiro atoms. The smallest absolute Gasteiger partial charge is 0.257 e. The molecule has 0 saturated carbocycles. The first kappa shape index (κ1) is 13.9. The van der Waals surface area contributed by atoms with Crippen LogP contribution in [0.4, 0.5) is 5.13 Å². The molecule has 1 heterocycles. The minimum absolute atomic E-state index is 0.136. The molecule has 2 aromatic rings. The van der Waals surface area contributed by atoms with Crippen LogP contribution in [0, 0.1) is 12.8 Å². The number of ketones is 1. The van der Waals surface area contributed by atoms with E-state index in [0.29, 0.717) is 27.9 Å². The Morgan fingerprint density at radius 2 is 2.00 bits per heavy atom. The number of fused-ring (bicyclic) bond motifs is 1. The highest BCUT2D eigenvalue weighted by Gasteiger charge is 2.26. The largest absolute Gasteiger partial charge is 0.298 e. The van der Waals surface area contributed by atoms with E-state index in [-0.39, 0.29) is 11.7 Å². The monoisotopic (exact) mass is 300 g/mol. The molecule has 1 aliphatic rings. The Morgan fingerprint density at radius 1 is 1.29 bits per heavy atom. The summed E-state index contributed by atoms with van der Waals surface area (Å²) in [6.07, 6.45) is 1.37. The Labute approximate surface area is 127 Å². The molecule has 0 fully saturated rings. The van der Waals surface area contributed by atoms with Crippen LogP contribution in [0.1, 0.15) is 44.6 Å². The summed E-state index contributed by atoms with van der Waals surface area (Å²) in [5.41, 5.74) is 2.52. The summed E-state index contributed by atoms with van der Waals surface area (Å²) in [5, 5.41) is 3.29. The Morgan fingerprint density at radius 3 is 2.71 bits per heavy atom. The summed E-state index contributed by atoms with van der Waals surface area (Å²) in [4.78, 5) is 29.2. The van der Waals surface area contributed by atoms with E-state index in [9.17, 15) is 9.59 Å². The molecule has 0 unspecified atom stereocenters. The highest BCUT2D eigenvalue weighted by molar-refractivity contribution is 7.17. The number of anilines is 1. The van der Waals surface area contributed by atoms with Gasteiger partial charge in [0.1, 0.15) is 0 Å². The topological polar surface area (TPSA) is 59.1 Å². The number of amides is 1. The number of hydrogen-bond acceptors (Lipinski definition) is 4. The first-order valence-electron chi connectivity index (χ1n) is 6.94. The van der Waals surface area contributed by atoms with E-state index in [1.807, 2.05) is 26.0 Å². The normalized spacial score (nSPS) is 17.4. The maximum Gasteiger partial charge on any atom is 0.257 e. The van der Waals surface area contributed by atoms with Crippen molar-refractivity contribution in [2.75, 3.05) is 5.32 Å². The van der Waals surface area contributed by atoms with Gasteiger partial charge in [0.05, 0.1) is 10.6 Å². The van der Waals surface area contributed by atoms with Gasteiger partial charge >= 0.3 is 0 Å². The number of benzene rings is 1. The highest BCUT2D eigenvalue weighted by atomic mass is 32.1. The second-order valence-electron chi connectivity index (χ2n) is 5.55. The van der Waals surface area contributed by atoms with Crippen LogP contribution in [0.2, 0.25) is 0 Å². The van der Waals surface area contributed by atoms with Crippen molar-refractivity contribution >= 4 is 28.2 Å². The minimum Gasteiger partial charge on any atom is -0.298 e. The van der Waals surface area contributed by atoms with Crippen molar-refractivity contribution in [3.8, 4) is 0 Å². The maximum atomic E-state index is 12.2. The highest BCUT2D eigenvalue weighted by Crippen LogP contribution is 2.32. The number of carbonyl (C=O) groups excluding carboxylic acids is 2. The molecule has 0 bridgehead atoms. The van der Waals surface area contributed by atoms with E-state index >= 15 is 0 Å². The van der Waals surface area contributed by atoms with Crippen molar-refractivity contribution in [2.24, 2.45) is 5.92 Å². The second kappa shape index (κ2) is 5.41. The van der Waals surface area contributed by atoms with E-state index in [2.05, 4.69) is 10.3 Å². The molecular weight excluding hydrogens is 284 g/mol. The average Bonchev–Trinajstić information content (AvgIpc) is 2.82. The van der Waals surface area contributed by atoms with Crippen LogP contribution >= 0.6 is 11.3 Å². The molecule has 0 radical (unpaired) electrons. The predicted molar refractivity (Wildman–Crippen MR) is 83.1 cm³/mol. The first-order valence-corrected chi connectivity index (χ1v) is 7.75. The molecule has 1 aromatic heterocycles. The summed E-state index contributed by atoms with van der Waals surface area (Å²) < 4.78 is 0. The molecule has 1 N–H and O–H groups in total. The lowest BCUT2D eigenvalue weighted by molar-refractivity contribution is 0.0956. The number of hydrogen-bond donors (Lipinski definition) is 1. The predicted octanol–water partition coefficient (Wildman–Crippen LogP) is 3.47. The van der Waals surface area contributed by atoms with Crippen LogP contribution in [-0.2, 0) is 6.42 Å². The number of rotatable bonds is 2. The van der Waals surface area contributed by atoms with Crippen LogP contribution in [0.3, 0.4) is 0 Å². The molecule has 21 heavy (non-hydrogen) atoms. The van der Waals surface area contributed by atoms with Crippen molar-refractivity contribution in [1.82, 2.24) is 4.98 Å². The van der Waals surface area contributed by atoms with Gasteiger partial charge < -0.3 is 0 Å². The third-order valence-electron chi connectivity index (χ3n) is 3.56. The fourth-order valence-corrected chi connectivity index (χ4v) is 3.38. The number of Topliss-reactive ketones (excluding diaryl/α,β-unsaturated/α-hetero) is 1. The summed E-state index contributed by atoms with van der Waals surface area (Å²) in [5.74, 6) is 0.270. The lowest BCUT2D eigenvalue weighted by Crippen LogP contribution is -2.16. The number of nitrogens with zero attached hydrogens (tertiary/aromatic N) is 1. The fourth-order valence-electron chi connectivity index (χ4n) is 2.45. The van der Waals surface area contributed by atoms with Gasteiger partial charge in [0.2, 0.25) is 0 Å². The molecule has 108 valence electrons. The van der Waals surface area contributed by atoms with Crippen LogP contribution in [-0.4, -0.2) is 16.7 Å². The zero-order valence-electron chi connectivity index (χ0n) is 12.0. The molecule has 0 aliphatic heterocycles. The number of carbonyl (C=O) groups is 2. The van der Waals surface area contributed by atoms with Gasteiger partial charge in [-0.2, -0.15) is 0 Å². The van der Waals surface area contributed by atoms with Gasteiger partial charge in [-0.1, -0.05) is 36.0 Å². The lowest BCUT2D eigenvalue weighted by Gasteiger charge is -2.14. The van der Waals surface area contributed by atoms with Crippen molar-refractivity contribution in [3.63, 3.8) is 0 Å². The van der Waals surface area contributed by atoms with Crippen molar-refractivity contribution < 1.29 is 9.59 Å². The zero-order valence-corrected chi connectivity index (χ0v) is 12.8. The summed E-state index contributed by atoms with van der Waals surface area (Å²) in [6, 6.07) is 7.36. The van der Waals surface area contributed by atoms with Crippen LogP contribution in [0.5, 0.6) is 0 Å². The molecule has 1 amide bonds. The molecular formula is C16H16N2O2S. The molecule has 1 aliphatic carbocycles. The molecule has 1 aromatic carbocycles. The molecule has 5 heteroatoms. The Balaban J connectivity index is 1.80. The van der Waals surface area contributed by atoms with Crippen LogP contribution < -0.4 is 5.32 Å². The van der Waals surface area contributed by atoms with E-state index < -0.39 is 0 Å². The van der Waals surface area contributed by atoms with Crippen molar-refractivity contribution in [2.45, 2.75) is 26.7 Å². The number of aromatic nitrogens is 1.